The van der Waals surface area contributed by atoms with E-state index in [1.807, 2.05) is 17.0 Å². The average Bonchev–Trinajstić information content (AvgIpc) is 3.05. The van der Waals surface area contributed by atoms with Crippen molar-refractivity contribution in [2.24, 2.45) is 0 Å². The van der Waals surface area contributed by atoms with Gasteiger partial charge in [0.25, 0.3) is 0 Å². The number of fused-ring (bicyclic) bond motifs is 1. The maximum Gasteiger partial charge on any atom is 0.337 e. The van der Waals surface area contributed by atoms with Crippen molar-refractivity contribution in [2.75, 3.05) is 36.7 Å². The lowest BCUT2D eigenvalue weighted by molar-refractivity contribution is -0.116. The van der Waals surface area contributed by atoms with Gasteiger partial charge >= 0.3 is 5.97 Å². The first-order valence-electron chi connectivity index (χ1n) is 8.40. The Kier molecular flexibility index (Phi) is 5.79. The molecule has 1 atom stereocenters. The van der Waals surface area contributed by atoms with E-state index in [9.17, 15) is 9.59 Å². The van der Waals surface area contributed by atoms with Crippen molar-refractivity contribution in [2.45, 2.75) is 31.8 Å². The van der Waals surface area contributed by atoms with Gasteiger partial charge < -0.3 is 14.4 Å². The van der Waals surface area contributed by atoms with Crippen LogP contribution in [0, 0.1) is 0 Å². The van der Waals surface area contributed by atoms with Crippen LogP contribution in [0.3, 0.4) is 0 Å². The highest BCUT2D eigenvalue weighted by Gasteiger charge is 2.26. The zero-order chi connectivity index (χ0) is 16.9. The largest absolute Gasteiger partial charge is 0.465 e. The van der Waals surface area contributed by atoms with Crippen LogP contribution in [-0.4, -0.2) is 49.7 Å². The molecule has 2 heterocycles. The lowest BCUT2D eigenvalue weighted by Gasteiger charge is -2.22. The molecule has 1 amide bonds. The predicted molar refractivity (Wildman–Crippen MR) is 94.8 cm³/mol. The monoisotopic (exact) mass is 349 g/mol. The molecule has 24 heavy (non-hydrogen) atoms. The fourth-order valence-corrected chi connectivity index (χ4v) is 4.17. The molecule has 5 nitrogen and oxygen atoms in total. The highest BCUT2D eigenvalue weighted by molar-refractivity contribution is 8.00. The Hall–Kier alpha value is -1.53. The highest BCUT2D eigenvalue weighted by Crippen LogP contribution is 2.30. The predicted octanol–water partition coefficient (Wildman–Crippen LogP) is 2.66. The number of benzene rings is 1. The Morgan fingerprint density at radius 2 is 2.25 bits per heavy atom. The minimum absolute atomic E-state index is 0.125. The van der Waals surface area contributed by atoms with Crippen LogP contribution in [0.2, 0.25) is 0 Å². The molecule has 6 heteroatoms. The van der Waals surface area contributed by atoms with Gasteiger partial charge in [-0.25, -0.2) is 4.79 Å². The van der Waals surface area contributed by atoms with Gasteiger partial charge in [-0.05, 0) is 49.4 Å². The van der Waals surface area contributed by atoms with E-state index in [0.29, 0.717) is 24.0 Å². The van der Waals surface area contributed by atoms with E-state index < -0.39 is 0 Å². The van der Waals surface area contributed by atoms with E-state index in [1.165, 1.54) is 13.5 Å². The highest BCUT2D eigenvalue weighted by atomic mass is 32.2. The van der Waals surface area contributed by atoms with Crippen LogP contribution in [-0.2, 0) is 20.7 Å². The van der Waals surface area contributed by atoms with Crippen LogP contribution in [0.4, 0.5) is 5.69 Å². The van der Waals surface area contributed by atoms with Crippen LogP contribution >= 0.6 is 11.8 Å². The van der Waals surface area contributed by atoms with Crippen LogP contribution in [0.1, 0.15) is 35.2 Å². The summed E-state index contributed by atoms with van der Waals surface area (Å²) in [5.41, 5.74) is 2.49. The number of esters is 1. The van der Waals surface area contributed by atoms with E-state index in [0.717, 1.165) is 42.9 Å². The summed E-state index contributed by atoms with van der Waals surface area (Å²) in [6.45, 7) is 1.53. The first kappa shape index (κ1) is 17.3. The summed E-state index contributed by atoms with van der Waals surface area (Å²) in [4.78, 5) is 25.9. The second-order valence-corrected chi connectivity index (χ2v) is 7.16. The van der Waals surface area contributed by atoms with Crippen molar-refractivity contribution >= 4 is 29.3 Å². The molecular formula is C18H23NO4S. The molecule has 1 aromatic rings. The van der Waals surface area contributed by atoms with Gasteiger partial charge in [-0.3, -0.25) is 4.79 Å². The van der Waals surface area contributed by atoms with Gasteiger partial charge in [0.05, 0.1) is 24.5 Å². The Morgan fingerprint density at radius 1 is 1.38 bits per heavy atom. The summed E-state index contributed by atoms with van der Waals surface area (Å²) in [7, 11) is 1.37. The molecule has 1 fully saturated rings. The maximum absolute atomic E-state index is 12.5. The van der Waals surface area contributed by atoms with Gasteiger partial charge in [-0.15, -0.1) is 11.8 Å². The molecule has 130 valence electrons. The molecule has 0 radical (unpaired) electrons. The minimum atomic E-state index is -0.342. The Labute approximate surface area is 146 Å². The molecule has 0 aromatic heterocycles. The average molecular weight is 349 g/mol. The van der Waals surface area contributed by atoms with Crippen molar-refractivity contribution < 1.29 is 19.1 Å². The number of ether oxygens (including phenoxy) is 2. The fourth-order valence-electron chi connectivity index (χ4n) is 3.20. The normalized spacial score (nSPS) is 19.9. The molecule has 3 rings (SSSR count). The smallest absolute Gasteiger partial charge is 0.337 e. The van der Waals surface area contributed by atoms with E-state index >= 15 is 0 Å². The maximum atomic E-state index is 12.5. The Bertz CT molecular complexity index is 613. The number of rotatable bonds is 5. The summed E-state index contributed by atoms with van der Waals surface area (Å²) >= 11 is 1.65. The van der Waals surface area contributed by atoms with Gasteiger partial charge in [-0.1, -0.05) is 0 Å². The minimum Gasteiger partial charge on any atom is -0.465 e. The summed E-state index contributed by atoms with van der Waals surface area (Å²) in [5.74, 6) is 1.14. The molecule has 1 saturated heterocycles. The van der Waals surface area contributed by atoms with Crippen molar-refractivity contribution in [3.8, 4) is 0 Å². The van der Waals surface area contributed by atoms with Crippen LogP contribution in [0.15, 0.2) is 18.2 Å². The zero-order valence-corrected chi connectivity index (χ0v) is 14.8. The molecule has 0 unspecified atom stereocenters. The first-order chi connectivity index (χ1) is 11.7. The molecule has 0 aliphatic carbocycles. The van der Waals surface area contributed by atoms with Gasteiger partial charge in [0.1, 0.15) is 0 Å². The number of nitrogens with zero attached hydrogens (tertiary/aromatic N) is 1. The van der Waals surface area contributed by atoms with E-state index in [2.05, 4.69) is 0 Å². The van der Waals surface area contributed by atoms with Crippen molar-refractivity contribution in [3.63, 3.8) is 0 Å². The zero-order valence-electron chi connectivity index (χ0n) is 14.0. The fraction of sp³-hybridized carbons (Fsp3) is 0.556. The van der Waals surface area contributed by atoms with Gasteiger partial charge in [0.15, 0.2) is 0 Å². The lowest BCUT2D eigenvalue weighted by atomic mass is 10.1. The molecular weight excluding hydrogens is 326 g/mol. The molecule has 0 bridgehead atoms. The van der Waals surface area contributed by atoms with Crippen molar-refractivity contribution in [1.82, 2.24) is 0 Å². The SMILES string of the molecule is COC(=O)c1ccc2c(c1)CCN2C(=O)CSC[C@H]1CCCCO1. The Balaban J connectivity index is 1.55. The van der Waals surface area contributed by atoms with Crippen LogP contribution in [0.25, 0.3) is 0 Å². The molecule has 0 spiro atoms. The van der Waals surface area contributed by atoms with E-state index in [1.54, 1.807) is 17.8 Å². The number of carbonyl (C=O) groups is 2. The van der Waals surface area contributed by atoms with E-state index in [4.69, 9.17) is 9.47 Å². The van der Waals surface area contributed by atoms with Crippen LogP contribution in [0.5, 0.6) is 0 Å². The van der Waals surface area contributed by atoms with E-state index in [-0.39, 0.29) is 11.9 Å². The molecule has 0 saturated carbocycles. The topological polar surface area (TPSA) is 55.8 Å². The third kappa shape index (κ3) is 3.92. The van der Waals surface area contributed by atoms with Crippen molar-refractivity contribution in [1.29, 1.82) is 0 Å². The summed E-state index contributed by atoms with van der Waals surface area (Å²) < 4.78 is 10.4. The third-order valence-corrected chi connectivity index (χ3v) is 5.56. The third-order valence-electron chi connectivity index (χ3n) is 4.50. The standard InChI is InChI=1S/C18H23NO4S/c1-22-18(21)14-5-6-16-13(10-14)7-8-19(16)17(20)12-24-11-15-4-2-3-9-23-15/h5-6,10,15H,2-4,7-9,11-12H2,1H3/t15-/m1/s1. The number of methoxy groups -OCH3 is 1. The number of hydrogen-bond donors (Lipinski definition) is 0. The molecule has 1 aromatic carbocycles. The molecule has 0 N–H and O–H groups in total. The molecule has 2 aliphatic heterocycles. The van der Waals surface area contributed by atoms with Gasteiger partial charge in [0.2, 0.25) is 5.91 Å². The lowest BCUT2D eigenvalue weighted by Crippen LogP contribution is -2.31. The Morgan fingerprint density at radius 3 is 3.00 bits per heavy atom. The molecule has 2 aliphatic rings. The number of hydrogen-bond acceptors (Lipinski definition) is 5. The number of thioether (sulfide) groups is 1. The number of anilines is 1. The number of amides is 1. The first-order valence-corrected chi connectivity index (χ1v) is 9.55. The van der Waals surface area contributed by atoms with Crippen molar-refractivity contribution in [3.05, 3.63) is 29.3 Å². The number of carbonyl (C=O) groups excluding carboxylic acids is 2. The van der Waals surface area contributed by atoms with Gasteiger partial charge in [-0.2, -0.15) is 0 Å². The quantitative estimate of drug-likeness (QED) is 0.765. The summed E-state index contributed by atoms with van der Waals surface area (Å²) in [5, 5.41) is 0. The summed E-state index contributed by atoms with van der Waals surface area (Å²) in [6, 6.07) is 5.40. The van der Waals surface area contributed by atoms with Gasteiger partial charge in [0, 0.05) is 24.6 Å². The van der Waals surface area contributed by atoms with Crippen LogP contribution < -0.4 is 4.90 Å². The second-order valence-electron chi connectivity index (χ2n) is 6.13. The summed E-state index contributed by atoms with van der Waals surface area (Å²) in [6.07, 6.45) is 4.55. The second kappa shape index (κ2) is 8.03.